The van der Waals surface area contributed by atoms with Gasteiger partial charge in [-0.25, -0.2) is 8.78 Å². The molecule has 2 aliphatic heterocycles. The molecule has 10 nitrogen and oxygen atoms in total. The van der Waals surface area contributed by atoms with Crippen LogP contribution in [0.3, 0.4) is 0 Å². The lowest BCUT2D eigenvalue weighted by molar-refractivity contribution is -0.159. The number of ether oxygens (including phenoxy) is 4. The van der Waals surface area contributed by atoms with Crippen molar-refractivity contribution in [1.82, 2.24) is 0 Å². The molecule has 0 aromatic heterocycles. The van der Waals surface area contributed by atoms with E-state index < -0.39 is 51.9 Å². The van der Waals surface area contributed by atoms with Crippen molar-refractivity contribution >= 4 is 27.7 Å². The Morgan fingerprint density at radius 1 is 0.824 bits per heavy atom. The lowest BCUT2D eigenvalue weighted by atomic mass is 9.95. The molecular formula is C20H40F2O10P2. The molecule has 10 atom stereocenters. The lowest BCUT2D eigenvalue weighted by Crippen LogP contribution is -2.50. The van der Waals surface area contributed by atoms with Gasteiger partial charge in [-0.3, -0.25) is 0 Å². The molecule has 0 saturated carbocycles. The van der Waals surface area contributed by atoms with Crippen molar-refractivity contribution in [3.63, 3.8) is 0 Å². The Balaban J connectivity index is 0.000000340. The first-order valence-corrected chi connectivity index (χ1v) is 14.2. The normalized spacial score (nSPS) is 37.7. The zero-order valence-electron chi connectivity index (χ0n) is 20.7. The third-order valence-electron chi connectivity index (χ3n) is 5.49. The predicted molar refractivity (Wildman–Crippen MR) is 128 cm³/mol. The minimum absolute atomic E-state index is 0.00668. The van der Waals surface area contributed by atoms with Crippen molar-refractivity contribution in [3.05, 3.63) is 0 Å². The van der Waals surface area contributed by atoms with Gasteiger partial charge >= 0.3 is 0 Å². The maximum absolute atomic E-state index is 14.0. The van der Waals surface area contributed by atoms with Crippen LogP contribution in [-0.2, 0) is 37.0 Å². The SMILES string of the molecule is C=P(O)(OC)OC[C@H]1OC[C@@H](C)[C@H](F)[C@@H]1OC.C=P(O)(OC)O[C@H]1[C@@H](F)[C@H](C)CO[C@@H]1COC. The van der Waals surface area contributed by atoms with Gasteiger partial charge < -0.3 is 46.8 Å². The standard InChI is InChI=1S/2C10H20FO5P/c1-7-5-15-8(10(13-2)9(7)11)6-16-17(4,12)14-3;1-7-5-15-8(6-13-2)10(9(7)11)16-17(4,12)14-3/h2*7-10,12H,4-6H2,1-3H3/t2*7-,8-,9+,10-,17?/m11/s1. The van der Waals surface area contributed by atoms with Crippen LogP contribution in [0.2, 0.25) is 0 Å². The van der Waals surface area contributed by atoms with Crippen LogP contribution in [0.25, 0.3) is 0 Å². The van der Waals surface area contributed by atoms with Crippen LogP contribution in [0.4, 0.5) is 8.78 Å². The molecule has 0 aliphatic carbocycles. The van der Waals surface area contributed by atoms with E-state index >= 15 is 0 Å². The van der Waals surface area contributed by atoms with Gasteiger partial charge in [0, 0.05) is 40.3 Å². The second-order valence-corrected chi connectivity index (χ2v) is 12.0. The van der Waals surface area contributed by atoms with Crippen LogP contribution in [0.1, 0.15) is 13.8 Å². The van der Waals surface area contributed by atoms with Gasteiger partial charge in [0.25, 0.3) is 0 Å². The van der Waals surface area contributed by atoms with Gasteiger partial charge in [0.1, 0.15) is 36.8 Å². The van der Waals surface area contributed by atoms with Crippen molar-refractivity contribution in [2.45, 2.75) is 50.6 Å². The topological polar surface area (TPSA) is 114 Å². The van der Waals surface area contributed by atoms with E-state index in [1.807, 2.05) is 0 Å². The Morgan fingerprint density at radius 3 is 1.74 bits per heavy atom. The Morgan fingerprint density at radius 2 is 1.29 bits per heavy atom. The van der Waals surface area contributed by atoms with E-state index in [9.17, 15) is 18.6 Å². The molecule has 204 valence electrons. The Bertz CT molecular complexity index is 686. The molecule has 2 N–H and O–H groups in total. The second-order valence-electron chi connectivity index (χ2n) is 8.25. The van der Waals surface area contributed by atoms with Gasteiger partial charge in [-0.1, -0.05) is 13.8 Å². The van der Waals surface area contributed by atoms with Crippen LogP contribution in [0.15, 0.2) is 0 Å². The average molecular weight is 540 g/mol. The third-order valence-corrected chi connectivity index (χ3v) is 7.76. The molecule has 0 aromatic rings. The van der Waals surface area contributed by atoms with Crippen LogP contribution < -0.4 is 0 Å². The molecule has 2 rings (SSSR count). The van der Waals surface area contributed by atoms with Crippen LogP contribution in [0.5, 0.6) is 0 Å². The summed E-state index contributed by atoms with van der Waals surface area (Å²) in [4.78, 5) is 19.2. The highest BCUT2D eigenvalue weighted by Crippen LogP contribution is 2.46. The average Bonchev–Trinajstić information content (AvgIpc) is 2.80. The quantitative estimate of drug-likeness (QED) is 0.401. The Labute approximate surface area is 201 Å². The Hall–Kier alpha value is 0.0600. The molecule has 2 heterocycles. The summed E-state index contributed by atoms with van der Waals surface area (Å²) in [5, 5.41) is 0. The molecule has 2 aliphatic rings. The number of rotatable bonds is 10. The van der Waals surface area contributed by atoms with E-state index in [1.165, 1.54) is 28.4 Å². The van der Waals surface area contributed by atoms with E-state index in [-0.39, 0.29) is 25.0 Å². The highest BCUT2D eigenvalue weighted by Gasteiger charge is 2.42. The summed E-state index contributed by atoms with van der Waals surface area (Å²) in [6.07, 6.45) is 1.69. The first-order valence-electron chi connectivity index (χ1n) is 10.7. The molecule has 0 radical (unpaired) electrons. The summed E-state index contributed by atoms with van der Waals surface area (Å²) < 4.78 is 68.5. The van der Waals surface area contributed by atoms with Crippen LogP contribution in [0, 0.1) is 11.8 Å². The van der Waals surface area contributed by atoms with E-state index in [0.29, 0.717) is 13.2 Å². The van der Waals surface area contributed by atoms with Gasteiger partial charge in [-0.2, -0.15) is 0 Å². The molecule has 2 fully saturated rings. The number of halogens is 2. The summed E-state index contributed by atoms with van der Waals surface area (Å²) in [5.74, 6) is -0.517. The fourth-order valence-electron chi connectivity index (χ4n) is 3.32. The molecule has 14 heteroatoms. The van der Waals surface area contributed by atoms with Crippen molar-refractivity contribution < 1.29 is 55.6 Å². The molecule has 2 unspecified atom stereocenters. The first-order chi connectivity index (χ1) is 15.8. The number of hydrogen-bond acceptors (Lipinski definition) is 10. The Kier molecular flexibility index (Phi) is 13.9. The van der Waals surface area contributed by atoms with E-state index in [2.05, 4.69) is 17.1 Å². The maximum Gasteiger partial charge on any atom is 0.248 e. The van der Waals surface area contributed by atoms with Crippen molar-refractivity contribution in [2.24, 2.45) is 11.8 Å². The number of alkyl halides is 2. The smallest absolute Gasteiger partial charge is 0.248 e. The molecule has 0 amide bonds. The monoisotopic (exact) mass is 540 g/mol. The van der Waals surface area contributed by atoms with Gasteiger partial charge in [0.15, 0.2) is 0 Å². The van der Waals surface area contributed by atoms with E-state index in [4.69, 9.17) is 32.5 Å². The lowest BCUT2D eigenvalue weighted by Gasteiger charge is -2.38. The highest BCUT2D eigenvalue weighted by molar-refractivity contribution is 7.58. The van der Waals surface area contributed by atoms with Crippen LogP contribution in [-0.4, -0.2) is 114 Å². The fraction of sp³-hybridized carbons (Fsp3) is 0.900. The molecule has 0 spiro atoms. The predicted octanol–water partition coefficient (Wildman–Crippen LogP) is 2.45. The zero-order valence-corrected chi connectivity index (χ0v) is 22.5. The minimum Gasteiger partial charge on any atom is -0.382 e. The summed E-state index contributed by atoms with van der Waals surface area (Å²) in [6.45, 7) is 4.27. The summed E-state index contributed by atoms with van der Waals surface area (Å²) in [7, 11) is -0.822. The third kappa shape index (κ3) is 9.84. The molecule has 0 aromatic carbocycles. The molecule has 0 bridgehead atoms. The van der Waals surface area contributed by atoms with Crippen molar-refractivity contribution in [2.75, 3.05) is 54.9 Å². The van der Waals surface area contributed by atoms with Gasteiger partial charge in [0.05, 0.1) is 26.4 Å². The first kappa shape index (κ1) is 32.1. The highest BCUT2D eigenvalue weighted by atomic mass is 31.2. The fourth-order valence-corrected chi connectivity index (χ4v) is 4.52. The summed E-state index contributed by atoms with van der Waals surface area (Å²) in [5.41, 5.74) is 0. The maximum atomic E-state index is 14.0. The minimum atomic E-state index is -3.24. The summed E-state index contributed by atoms with van der Waals surface area (Å²) in [6, 6.07) is 0. The second kappa shape index (κ2) is 14.7. The number of methoxy groups -OCH3 is 2. The molecule has 2 saturated heterocycles. The summed E-state index contributed by atoms with van der Waals surface area (Å²) >= 11 is 0. The van der Waals surface area contributed by atoms with E-state index in [0.717, 1.165) is 0 Å². The molecule has 34 heavy (non-hydrogen) atoms. The van der Waals surface area contributed by atoms with Gasteiger partial charge in [-0.15, -0.1) is 0 Å². The van der Waals surface area contributed by atoms with Gasteiger partial charge in [-0.05, 0) is 12.6 Å². The van der Waals surface area contributed by atoms with Crippen molar-refractivity contribution in [1.29, 1.82) is 0 Å². The molecular weight excluding hydrogens is 500 g/mol. The number of hydrogen-bond donors (Lipinski definition) is 2. The van der Waals surface area contributed by atoms with Crippen molar-refractivity contribution in [3.8, 4) is 0 Å². The van der Waals surface area contributed by atoms with E-state index in [1.54, 1.807) is 13.8 Å². The largest absolute Gasteiger partial charge is 0.382 e. The zero-order chi connectivity index (χ0) is 26.1. The van der Waals surface area contributed by atoms with Crippen LogP contribution >= 0.6 is 15.1 Å². The van der Waals surface area contributed by atoms with Gasteiger partial charge in [0.2, 0.25) is 15.1 Å².